The molecule has 3 heteroatoms. The van der Waals surface area contributed by atoms with Crippen LogP contribution in [0.5, 0.6) is 11.5 Å². The maximum Gasteiger partial charge on any atom is 0.231 e. The van der Waals surface area contributed by atoms with Crippen molar-refractivity contribution < 1.29 is 9.47 Å². The van der Waals surface area contributed by atoms with Gasteiger partial charge in [-0.25, -0.2) is 0 Å². The van der Waals surface area contributed by atoms with Crippen molar-refractivity contribution in [1.82, 2.24) is 0 Å². The topological polar surface area (TPSA) is 18.5 Å². The van der Waals surface area contributed by atoms with E-state index < -0.39 is 0 Å². The van der Waals surface area contributed by atoms with Gasteiger partial charge in [-0.15, -0.1) is 0 Å². The molecule has 2 aromatic carbocycles. The summed E-state index contributed by atoms with van der Waals surface area (Å²) in [6, 6.07) is 12.7. The number of aryl methyl sites for hydroxylation is 2. The molecule has 0 aromatic heterocycles. The molecule has 3 rings (SSSR count). The summed E-state index contributed by atoms with van der Waals surface area (Å²) in [5.74, 6) is 1.67. The molecule has 104 valence electrons. The number of benzene rings is 2. The standard InChI is InChI=1S/C17H17BrO2/c1-11-3-4-12(2)14(7-11)8-15(18)13-5-6-16-17(9-13)20-10-19-16/h3-7,9,15H,8,10H2,1-2H3. The lowest BCUT2D eigenvalue weighted by Gasteiger charge is -2.13. The van der Waals surface area contributed by atoms with Crippen LogP contribution in [0.1, 0.15) is 27.1 Å². The van der Waals surface area contributed by atoms with E-state index in [9.17, 15) is 0 Å². The second kappa shape index (κ2) is 5.49. The van der Waals surface area contributed by atoms with Crippen LogP contribution in [0.15, 0.2) is 36.4 Å². The Morgan fingerprint density at radius 2 is 1.85 bits per heavy atom. The molecule has 1 heterocycles. The second-order valence-corrected chi connectivity index (χ2v) is 6.32. The van der Waals surface area contributed by atoms with E-state index in [1.165, 1.54) is 22.3 Å². The fraction of sp³-hybridized carbons (Fsp3) is 0.294. The maximum atomic E-state index is 5.44. The van der Waals surface area contributed by atoms with Gasteiger partial charge in [0.1, 0.15) is 0 Å². The highest BCUT2D eigenvalue weighted by atomic mass is 79.9. The molecule has 0 fully saturated rings. The highest BCUT2D eigenvalue weighted by Gasteiger charge is 2.17. The zero-order valence-corrected chi connectivity index (χ0v) is 13.2. The first-order valence-electron chi connectivity index (χ1n) is 6.73. The van der Waals surface area contributed by atoms with Crippen molar-refractivity contribution in [3.8, 4) is 11.5 Å². The highest BCUT2D eigenvalue weighted by Crippen LogP contribution is 2.37. The zero-order chi connectivity index (χ0) is 14.1. The van der Waals surface area contributed by atoms with Gasteiger partial charge in [0.25, 0.3) is 0 Å². The Balaban J connectivity index is 1.82. The van der Waals surface area contributed by atoms with Crippen molar-refractivity contribution in [1.29, 1.82) is 0 Å². The lowest BCUT2D eigenvalue weighted by molar-refractivity contribution is 0.174. The summed E-state index contributed by atoms with van der Waals surface area (Å²) >= 11 is 3.79. The summed E-state index contributed by atoms with van der Waals surface area (Å²) in [5, 5.41) is 0. The molecule has 0 spiro atoms. The van der Waals surface area contributed by atoms with Gasteiger partial charge in [-0.05, 0) is 49.1 Å². The number of ether oxygens (including phenoxy) is 2. The second-order valence-electron chi connectivity index (χ2n) is 5.21. The van der Waals surface area contributed by atoms with Gasteiger partial charge in [0.05, 0.1) is 0 Å². The molecule has 1 aliphatic heterocycles. The molecule has 0 radical (unpaired) electrons. The third-order valence-corrected chi connectivity index (χ3v) is 4.51. The Morgan fingerprint density at radius 1 is 1.05 bits per heavy atom. The van der Waals surface area contributed by atoms with Crippen molar-refractivity contribution in [2.45, 2.75) is 25.1 Å². The Hall–Kier alpha value is -1.48. The number of fused-ring (bicyclic) bond motifs is 1. The van der Waals surface area contributed by atoms with E-state index in [4.69, 9.17) is 9.47 Å². The largest absolute Gasteiger partial charge is 0.454 e. The van der Waals surface area contributed by atoms with Crippen molar-refractivity contribution in [3.05, 3.63) is 58.7 Å². The lowest BCUT2D eigenvalue weighted by Crippen LogP contribution is -1.98. The number of halogens is 1. The van der Waals surface area contributed by atoms with E-state index in [0.717, 1.165) is 17.9 Å². The van der Waals surface area contributed by atoms with Crippen molar-refractivity contribution in [2.75, 3.05) is 6.79 Å². The van der Waals surface area contributed by atoms with Crippen LogP contribution in [0, 0.1) is 13.8 Å². The molecule has 1 atom stereocenters. The normalized spacial score (nSPS) is 14.3. The summed E-state index contributed by atoms with van der Waals surface area (Å²) in [6.07, 6.45) is 0.965. The summed E-state index contributed by atoms with van der Waals surface area (Å²) in [5.41, 5.74) is 5.23. The monoisotopic (exact) mass is 332 g/mol. The molecular formula is C17H17BrO2. The third-order valence-electron chi connectivity index (χ3n) is 3.66. The molecule has 2 aromatic rings. The Morgan fingerprint density at radius 3 is 2.70 bits per heavy atom. The maximum absolute atomic E-state index is 5.44. The van der Waals surface area contributed by atoms with Gasteiger partial charge < -0.3 is 9.47 Å². The van der Waals surface area contributed by atoms with Crippen LogP contribution in [-0.4, -0.2) is 6.79 Å². The molecular weight excluding hydrogens is 316 g/mol. The minimum Gasteiger partial charge on any atom is -0.454 e. The molecule has 2 nitrogen and oxygen atoms in total. The Kier molecular flexibility index (Phi) is 3.70. The van der Waals surface area contributed by atoms with Crippen molar-refractivity contribution in [2.24, 2.45) is 0 Å². The van der Waals surface area contributed by atoms with Gasteiger partial charge in [0.2, 0.25) is 6.79 Å². The fourth-order valence-corrected chi connectivity index (χ4v) is 3.07. The number of rotatable bonds is 3. The number of alkyl halides is 1. The van der Waals surface area contributed by atoms with E-state index in [1.54, 1.807) is 0 Å². The first kappa shape index (κ1) is 13.5. The summed E-state index contributed by atoms with van der Waals surface area (Å²) in [7, 11) is 0. The summed E-state index contributed by atoms with van der Waals surface area (Å²) < 4.78 is 10.8. The number of hydrogen-bond donors (Lipinski definition) is 0. The van der Waals surface area contributed by atoms with Crippen LogP contribution in [0.4, 0.5) is 0 Å². The summed E-state index contributed by atoms with van der Waals surface area (Å²) in [6.45, 7) is 4.61. The zero-order valence-electron chi connectivity index (χ0n) is 11.7. The molecule has 20 heavy (non-hydrogen) atoms. The molecule has 0 bridgehead atoms. The van der Waals surface area contributed by atoms with Crippen LogP contribution in [0.2, 0.25) is 0 Å². The smallest absolute Gasteiger partial charge is 0.231 e. The average Bonchev–Trinajstić information content (AvgIpc) is 2.90. The molecule has 0 amide bonds. The predicted molar refractivity (Wildman–Crippen MR) is 83.9 cm³/mol. The molecule has 1 aliphatic rings. The van der Waals surface area contributed by atoms with E-state index in [-0.39, 0.29) is 4.83 Å². The third kappa shape index (κ3) is 2.68. The minimum atomic E-state index is 0.275. The Labute approximate surface area is 127 Å². The first-order valence-corrected chi connectivity index (χ1v) is 7.65. The van der Waals surface area contributed by atoms with E-state index in [2.05, 4.69) is 60.1 Å². The van der Waals surface area contributed by atoms with Gasteiger partial charge in [-0.3, -0.25) is 0 Å². The predicted octanol–water partition coefficient (Wildman–Crippen LogP) is 4.71. The fourth-order valence-electron chi connectivity index (χ4n) is 2.44. The average molecular weight is 333 g/mol. The van der Waals surface area contributed by atoms with Crippen LogP contribution < -0.4 is 9.47 Å². The SMILES string of the molecule is Cc1ccc(C)c(CC(Br)c2ccc3c(c2)OCO3)c1. The highest BCUT2D eigenvalue weighted by molar-refractivity contribution is 9.09. The van der Waals surface area contributed by atoms with Gasteiger partial charge in [0.15, 0.2) is 11.5 Å². The molecule has 0 saturated heterocycles. The van der Waals surface area contributed by atoms with E-state index in [1.807, 2.05) is 6.07 Å². The van der Waals surface area contributed by atoms with Crippen LogP contribution >= 0.6 is 15.9 Å². The van der Waals surface area contributed by atoms with Gasteiger partial charge >= 0.3 is 0 Å². The lowest BCUT2D eigenvalue weighted by atomic mass is 9.98. The van der Waals surface area contributed by atoms with Crippen LogP contribution in [0.25, 0.3) is 0 Å². The molecule has 0 N–H and O–H groups in total. The van der Waals surface area contributed by atoms with Gasteiger partial charge in [-0.1, -0.05) is 45.8 Å². The first-order chi connectivity index (χ1) is 9.63. The van der Waals surface area contributed by atoms with Crippen molar-refractivity contribution >= 4 is 15.9 Å². The quantitative estimate of drug-likeness (QED) is 0.758. The molecule has 0 saturated carbocycles. The minimum absolute atomic E-state index is 0.275. The van der Waals surface area contributed by atoms with Crippen LogP contribution in [0.3, 0.4) is 0 Å². The van der Waals surface area contributed by atoms with Crippen molar-refractivity contribution in [3.63, 3.8) is 0 Å². The van der Waals surface area contributed by atoms with Gasteiger partial charge in [-0.2, -0.15) is 0 Å². The van der Waals surface area contributed by atoms with E-state index >= 15 is 0 Å². The van der Waals surface area contributed by atoms with E-state index in [0.29, 0.717) is 6.79 Å². The Bertz CT molecular complexity index is 637. The molecule has 0 aliphatic carbocycles. The number of hydrogen-bond acceptors (Lipinski definition) is 2. The molecule has 1 unspecified atom stereocenters. The van der Waals surface area contributed by atoms with Gasteiger partial charge in [0, 0.05) is 4.83 Å². The van der Waals surface area contributed by atoms with Crippen LogP contribution in [-0.2, 0) is 6.42 Å². The summed E-state index contributed by atoms with van der Waals surface area (Å²) in [4.78, 5) is 0.275.